The van der Waals surface area contributed by atoms with Crippen LogP contribution in [0.3, 0.4) is 0 Å². The van der Waals surface area contributed by atoms with E-state index in [4.69, 9.17) is 4.42 Å². The fourth-order valence-electron chi connectivity index (χ4n) is 2.28. The van der Waals surface area contributed by atoms with Crippen molar-refractivity contribution in [1.29, 1.82) is 0 Å². The lowest BCUT2D eigenvalue weighted by Gasteiger charge is -2.12. The van der Waals surface area contributed by atoms with Crippen molar-refractivity contribution in [3.63, 3.8) is 0 Å². The average molecular weight is 382 g/mol. The van der Waals surface area contributed by atoms with Crippen LogP contribution >= 0.6 is 0 Å². The van der Waals surface area contributed by atoms with Crippen molar-refractivity contribution in [2.75, 3.05) is 17.2 Å². The fourth-order valence-corrected chi connectivity index (χ4v) is 2.28. The van der Waals surface area contributed by atoms with E-state index >= 15 is 0 Å². The van der Waals surface area contributed by atoms with Crippen LogP contribution in [0.5, 0.6) is 0 Å². The van der Waals surface area contributed by atoms with Gasteiger partial charge in [-0.2, -0.15) is 5.10 Å². The molecule has 0 saturated carbocycles. The molecule has 3 N–H and O–H groups in total. The normalized spacial score (nSPS) is 11.5. The van der Waals surface area contributed by atoms with E-state index in [9.17, 15) is 14.4 Å². The number of benzene rings is 1. The lowest BCUT2D eigenvalue weighted by molar-refractivity contribution is -0.119. The van der Waals surface area contributed by atoms with Crippen molar-refractivity contribution < 1.29 is 18.8 Å². The summed E-state index contributed by atoms with van der Waals surface area (Å²) >= 11 is 0. The quantitative estimate of drug-likeness (QED) is 0.567. The summed E-state index contributed by atoms with van der Waals surface area (Å²) in [6.45, 7) is 1.50. The van der Waals surface area contributed by atoms with Gasteiger partial charge < -0.3 is 20.4 Å². The second kappa shape index (κ2) is 8.62. The minimum atomic E-state index is -0.514. The predicted molar refractivity (Wildman–Crippen MR) is 99.5 cm³/mol. The Hall–Kier alpha value is -3.95. The Kier molecular flexibility index (Phi) is 5.80. The Morgan fingerprint density at radius 1 is 1.11 bits per heavy atom. The van der Waals surface area contributed by atoms with Gasteiger partial charge in [0, 0.05) is 11.4 Å². The summed E-state index contributed by atoms with van der Waals surface area (Å²) in [5.74, 6) is -0.979. The first-order chi connectivity index (χ1) is 13.5. The molecule has 0 fully saturated rings. The van der Waals surface area contributed by atoms with Crippen LogP contribution in [0.15, 0.2) is 59.7 Å². The van der Waals surface area contributed by atoms with Crippen molar-refractivity contribution >= 4 is 29.1 Å². The summed E-state index contributed by atoms with van der Waals surface area (Å²) in [7, 11) is 0. The van der Waals surface area contributed by atoms with Gasteiger partial charge in [0.15, 0.2) is 5.76 Å². The highest BCUT2D eigenvalue weighted by Gasteiger charge is 2.15. The van der Waals surface area contributed by atoms with Crippen molar-refractivity contribution in [2.24, 2.45) is 0 Å². The molecule has 0 unspecified atom stereocenters. The molecule has 0 saturated heterocycles. The highest BCUT2D eigenvalue weighted by Crippen LogP contribution is 2.15. The zero-order valence-electron chi connectivity index (χ0n) is 15.0. The minimum Gasteiger partial charge on any atom is -0.459 e. The van der Waals surface area contributed by atoms with Gasteiger partial charge in [0.2, 0.25) is 11.8 Å². The van der Waals surface area contributed by atoms with Crippen molar-refractivity contribution in [1.82, 2.24) is 20.1 Å². The van der Waals surface area contributed by atoms with Crippen LogP contribution in [0.4, 0.5) is 11.4 Å². The molecular weight excluding hydrogens is 364 g/mol. The van der Waals surface area contributed by atoms with Gasteiger partial charge in [-0.15, -0.1) is 0 Å². The molecule has 10 heteroatoms. The van der Waals surface area contributed by atoms with Crippen LogP contribution in [0.2, 0.25) is 0 Å². The zero-order chi connectivity index (χ0) is 19.9. The lowest BCUT2D eigenvalue weighted by Crippen LogP contribution is -2.32. The highest BCUT2D eigenvalue weighted by atomic mass is 16.3. The maximum absolute atomic E-state index is 12.2. The number of rotatable bonds is 7. The molecule has 0 spiro atoms. The number of amides is 3. The Bertz CT molecular complexity index is 935. The van der Waals surface area contributed by atoms with Gasteiger partial charge in [0.05, 0.1) is 12.8 Å². The van der Waals surface area contributed by atoms with Gasteiger partial charge in [-0.05, 0) is 43.3 Å². The first kappa shape index (κ1) is 18.8. The van der Waals surface area contributed by atoms with E-state index in [0.717, 1.165) is 0 Å². The first-order valence-corrected chi connectivity index (χ1v) is 8.39. The predicted octanol–water partition coefficient (Wildman–Crippen LogP) is 1.44. The zero-order valence-corrected chi connectivity index (χ0v) is 15.0. The topological polar surface area (TPSA) is 131 Å². The second-order valence-corrected chi connectivity index (χ2v) is 5.83. The summed E-state index contributed by atoms with van der Waals surface area (Å²) in [6, 6.07) is 9.17. The van der Waals surface area contributed by atoms with Crippen LogP contribution in [-0.4, -0.2) is 39.0 Å². The third kappa shape index (κ3) is 4.81. The molecule has 2 heterocycles. The molecule has 28 heavy (non-hydrogen) atoms. The van der Waals surface area contributed by atoms with Crippen molar-refractivity contribution in [3.8, 4) is 0 Å². The van der Waals surface area contributed by atoms with Crippen LogP contribution in [0.1, 0.15) is 23.5 Å². The number of anilines is 2. The van der Waals surface area contributed by atoms with E-state index in [1.807, 2.05) is 0 Å². The molecular formula is C18H18N6O4. The van der Waals surface area contributed by atoms with Crippen LogP contribution < -0.4 is 16.0 Å². The minimum absolute atomic E-state index is 0.132. The third-order valence-corrected chi connectivity index (χ3v) is 3.80. The highest BCUT2D eigenvalue weighted by molar-refractivity contribution is 5.98. The number of furan rings is 1. The van der Waals surface area contributed by atoms with Crippen LogP contribution in [0, 0.1) is 0 Å². The molecule has 0 aliphatic rings. The second-order valence-electron chi connectivity index (χ2n) is 5.83. The van der Waals surface area contributed by atoms with Gasteiger partial charge in [-0.3, -0.25) is 14.4 Å². The molecule has 3 aromatic rings. The molecule has 0 aliphatic carbocycles. The number of nitrogens with zero attached hydrogens (tertiary/aromatic N) is 3. The van der Waals surface area contributed by atoms with E-state index in [2.05, 4.69) is 26.0 Å². The molecule has 1 aromatic carbocycles. The number of hydrogen-bond donors (Lipinski definition) is 3. The SMILES string of the molecule is C[C@H](C(=O)Nc1ccc(NC(=O)CNC(=O)c2ccco2)cc1)n1cncn1. The summed E-state index contributed by atoms with van der Waals surface area (Å²) in [5, 5.41) is 11.8. The molecule has 144 valence electrons. The summed E-state index contributed by atoms with van der Waals surface area (Å²) < 4.78 is 6.39. The molecule has 0 bridgehead atoms. The van der Waals surface area contributed by atoms with E-state index in [1.165, 1.54) is 29.7 Å². The number of carbonyl (C=O) groups is 3. The van der Waals surface area contributed by atoms with E-state index < -0.39 is 17.9 Å². The van der Waals surface area contributed by atoms with Gasteiger partial charge in [-0.25, -0.2) is 9.67 Å². The summed E-state index contributed by atoms with van der Waals surface area (Å²) in [6.07, 6.45) is 4.20. The molecule has 2 aromatic heterocycles. The molecule has 0 radical (unpaired) electrons. The lowest BCUT2D eigenvalue weighted by atomic mass is 10.2. The van der Waals surface area contributed by atoms with Crippen molar-refractivity contribution in [3.05, 3.63) is 61.1 Å². The summed E-state index contributed by atoms with van der Waals surface area (Å²) in [5.41, 5.74) is 1.10. The maximum Gasteiger partial charge on any atom is 0.287 e. The van der Waals surface area contributed by atoms with E-state index in [0.29, 0.717) is 11.4 Å². The third-order valence-electron chi connectivity index (χ3n) is 3.80. The maximum atomic E-state index is 12.2. The molecule has 10 nitrogen and oxygen atoms in total. The smallest absolute Gasteiger partial charge is 0.287 e. The van der Waals surface area contributed by atoms with Gasteiger partial charge in [-0.1, -0.05) is 0 Å². The largest absolute Gasteiger partial charge is 0.459 e. The first-order valence-electron chi connectivity index (χ1n) is 8.39. The fraction of sp³-hybridized carbons (Fsp3) is 0.167. The van der Waals surface area contributed by atoms with E-state index in [1.54, 1.807) is 37.3 Å². The van der Waals surface area contributed by atoms with E-state index in [-0.39, 0.29) is 18.2 Å². The average Bonchev–Trinajstić information content (AvgIpc) is 3.41. The number of hydrogen-bond acceptors (Lipinski definition) is 6. The molecule has 3 rings (SSSR count). The Morgan fingerprint density at radius 2 is 1.82 bits per heavy atom. The van der Waals surface area contributed by atoms with Crippen molar-refractivity contribution in [2.45, 2.75) is 13.0 Å². The number of aromatic nitrogens is 3. The van der Waals surface area contributed by atoms with Crippen LogP contribution in [-0.2, 0) is 9.59 Å². The molecule has 3 amide bonds. The number of carbonyl (C=O) groups excluding carboxylic acids is 3. The summed E-state index contributed by atoms with van der Waals surface area (Å²) in [4.78, 5) is 39.7. The Morgan fingerprint density at radius 3 is 2.43 bits per heavy atom. The standard InChI is InChI=1S/C18H18N6O4/c1-12(24-11-19-10-21-24)17(26)23-14-6-4-13(5-7-14)22-16(25)9-20-18(27)15-3-2-8-28-15/h2-8,10-12H,9H2,1H3,(H,20,27)(H,22,25)(H,23,26)/t12-/m1/s1. The van der Waals surface area contributed by atoms with Gasteiger partial charge in [0.25, 0.3) is 5.91 Å². The molecule has 0 aliphatic heterocycles. The molecule has 1 atom stereocenters. The monoisotopic (exact) mass is 382 g/mol. The van der Waals surface area contributed by atoms with Crippen LogP contribution in [0.25, 0.3) is 0 Å². The number of nitrogens with one attached hydrogen (secondary N) is 3. The Labute approximate surface area is 159 Å². The van der Waals surface area contributed by atoms with Gasteiger partial charge in [0.1, 0.15) is 18.7 Å². The van der Waals surface area contributed by atoms with Gasteiger partial charge >= 0.3 is 0 Å². The Balaban J connectivity index is 1.48.